The van der Waals surface area contributed by atoms with Crippen LogP contribution < -0.4 is 38.9 Å². The molecule has 12 N–H and O–H groups in total. The number of carboxylic acids is 1. The van der Waals surface area contributed by atoms with E-state index in [9.17, 15) is 24.3 Å². The molecule has 37 heavy (non-hydrogen) atoms. The predicted octanol–water partition coefficient (Wildman–Crippen LogP) is -0.872. The summed E-state index contributed by atoms with van der Waals surface area (Å²) in [6.07, 6.45) is 2.98. The molecule has 3 amide bonds. The molecule has 5 unspecified atom stereocenters. The molecule has 0 aromatic carbocycles. The summed E-state index contributed by atoms with van der Waals surface area (Å²) >= 11 is 0. The van der Waals surface area contributed by atoms with Crippen molar-refractivity contribution in [2.24, 2.45) is 39.8 Å². The normalized spacial score (nSPS) is 15.1. The number of amides is 3. The zero-order chi connectivity index (χ0) is 28.5. The highest BCUT2D eigenvalue weighted by Gasteiger charge is 2.31. The number of aliphatic carboxylic acids is 1. The average molecular weight is 529 g/mol. The van der Waals surface area contributed by atoms with Gasteiger partial charge >= 0.3 is 5.97 Å². The molecule has 0 aliphatic rings. The minimum atomic E-state index is -1.21. The maximum atomic E-state index is 13.2. The fourth-order valence-corrected chi connectivity index (χ4v) is 3.55. The van der Waals surface area contributed by atoms with Gasteiger partial charge in [-0.2, -0.15) is 0 Å². The molecule has 0 spiro atoms. The summed E-state index contributed by atoms with van der Waals surface area (Å²) in [6, 6.07) is -3.86. The largest absolute Gasteiger partial charge is 0.480 e. The van der Waals surface area contributed by atoms with Crippen LogP contribution in [0.5, 0.6) is 0 Å². The third-order valence-electron chi connectivity index (χ3n) is 6.04. The zero-order valence-electron chi connectivity index (χ0n) is 22.7. The summed E-state index contributed by atoms with van der Waals surface area (Å²) in [5.41, 5.74) is 22.2. The fourth-order valence-electron chi connectivity index (χ4n) is 3.55. The molecule has 0 aliphatic carbocycles. The quantitative estimate of drug-likeness (QED) is 0.0589. The summed E-state index contributed by atoms with van der Waals surface area (Å²) in [7, 11) is 0. The van der Waals surface area contributed by atoms with Crippen molar-refractivity contribution in [1.29, 1.82) is 0 Å². The van der Waals surface area contributed by atoms with Gasteiger partial charge in [0.15, 0.2) is 5.96 Å². The van der Waals surface area contributed by atoms with Gasteiger partial charge in [-0.1, -0.05) is 34.1 Å². The molecule has 0 radical (unpaired) electrons. The number of carbonyl (C=O) groups excluding carboxylic acids is 3. The first kappa shape index (κ1) is 34.1. The Morgan fingerprint density at radius 2 is 1.38 bits per heavy atom. The van der Waals surface area contributed by atoms with Crippen molar-refractivity contribution in [3.63, 3.8) is 0 Å². The minimum Gasteiger partial charge on any atom is -0.480 e. The number of aliphatic imine (C=N–C) groups is 1. The molecule has 0 fully saturated rings. The number of rotatable bonds is 19. The number of unbranched alkanes of at least 4 members (excludes halogenated alkanes) is 1. The maximum absolute atomic E-state index is 13.2. The van der Waals surface area contributed by atoms with Crippen molar-refractivity contribution < 1.29 is 24.3 Å². The summed E-state index contributed by atoms with van der Waals surface area (Å²) in [4.78, 5) is 54.4. The maximum Gasteiger partial charge on any atom is 0.326 e. The topological polar surface area (TPSA) is 241 Å². The molecule has 214 valence electrons. The van der Waals surface area contributed by atoms with E-state index in [0.717, 1.165) is 0 Å². The Morgan fingerprint density at radius 3 is 1.89 bits per heavy atom. The Morgan fingerprint density at radius 1 is 0.838 bits per heavy atom. The first-order valence-corrected chi connectivity index (χ1v) is 13.0. The standard InChI is InChI=1S/C24H48N8O5/c1-5-15(4)19(26)22(35)30-16(9-6-7-11-25)20(33)32-18(13-14(2)3)21(34)31-17(23(36)37)10-8-12-29-24(27)28/h14-19H,5-13,25-26H2,1-4H3,(H,30,35)(H,31,34)(H,32,33)(H,36,37)(H4,27,28,29). The number of hydrogen-bond donors (Lipinski definition) is 8. The Hall–Kier alpha value is -2.93. The molecule has 0 aromatic heterocycles. The molecule has 5 atom stereocenters. The van der Waals surface area contributed by atoms with Gasteiger partial charge in [0.2, 0.25) is 17.7 Å². The molecule has 0 saturated heterocycles. The van der Waals surface area contributed by atoms with Crippen LogP contribution in [-0.4, -0.2) is 72.0 Å². The molecular weight excluding hydrogens is 480 g/mol. The first-order valence-electron chi connectivity index (χ1n) is 13.0. The highest BCUT2D eigenvalue weighted by Crippen LogP contribution is 2.10. The molecule has 0 aromatic rings. The monoisotopic (exact) mass is 528 g/mol. The molecular formula is C24H48N8O5. The van der Waals surface area contributed by atoms with Gasteiger partial charge in [-0.25, -0.2) is 4.79 Å². The lowest BCUT2D eigenvalue weighted by Crippen LogP contribution is -2.57. The third kappa shape index (κ3) is 14.4. The Labute approximate surface area is 219 Å². The van der Waals surface area contributed by atoms with E-state index < -0.39 is 47.9 Å². The number of carbonyl (C=O) groups is 4. The van der Waals surface area contributed by atoms with E-state index in [1.165, 1.54) is 0 Å². The molecule has 0 bridgehead atoms. The van der Waals surface area contributed by atoms with E-state index in [1.807, 2.05) is 27.7 Å². The molecule has 13 nitrogen and oxygen atoms in total. The Bertz CT molecular complexity index is 757. The Balaban J connectivity index is 5.51. The average Bonchev–Trinajstić information content (AvgIpc) is 2.82. The summed E-state index contributed by atoms with van der Waals surface area (Å²) in [5.74, 6) is -2.98. The van der Waals surface area contributed by atoms with E-state index in [2.05, 4.69) is 20.9 Å². The van der Waals surface area contributed by atoms with E-state index in [4.69, 9.17) is 22.9 Å². The minimum absolute atomic E-state index is 0.0188. The van der Waals surface area contributed by atoms with Gasteiger partial charge in [-0.15, -0.1) is 0 Å². The van der Waals surface area contributed by atoms with E-state index in [1.54, 1.807) is 0 Å². The lowest BCUT2D eigenvalue weighted by molar-refractivity contribution is -0.142. The molecule has 0 aliphatic heterocycles. The van der Waals surface area contributed by atoms with Gasteiger partial charge in [0.05, 0.1) is 6.04 Å². The smallest absolute Gasteiger partial charge is 0.326 e. The van der Waals surface area contributed by atoms with Crippen molar-refractivity contribution in [3.8, 4) is 0 Å². The van der Waals surface area contributed by atoms with Crippen LogP contribution in [-0.2, 0) is 19.2 Å². The number of guanidine groups is 1. The molecule has 13 heteroatoms. The zero-order valence-corrected chi connectivity index (χ0v) is 22.7. The molecule has 0 heterocycles. The van der Waals surface area contributed by atoms with Crippen molar-refractivity contribution in [1.82, 2.24) is 16.0 Å². The van der Waals surface area contributed by atoms with Crippen molar-refractivity contribution in [2.75, 3.05) is 13.1 Å². The van der Waals surface area contributed by atoms with Crippen molar-refractivity contribution >= 4 is 29.7 Å². The summed E-state index contributed by atoms with van der Waals surface area (Å²) < 4.78 is 0. The number of hydrogen-bond acceptors (Lipinski definition) is 7. The second-order valence-electron chi connectivity index (χ2n) is 9.80. The van der Waals surface area contributed by atoms with Gasteiger partial charge in [0.25, 0.3) is 0 Å². The number of nitrogens with two attached hydrogens (primary N) is 4. The molecule has 0 rings (SSSR count). The second kappa shape index (κ2) is 18.3. The van der Waals surface area contributed by atoms with E-state index in [0.29, 0.717) is 38.6 Å². The highest BCUT2D eigenvalue weighted by molar-refractivity contribution is 5.94. The second-order valence-corrected chi connectivity index (χ2v) is 9.80. The lowest BCUT2D eigenvalue weighted by atomic mass is 9.98. The van der Waals surface area contributed by atoms with Gasteiger partial charge in [0.1, 0.15) is 18.1 Å². The van der Waals surface area contributed by atoms with Crippen LogP contribution in [0.25, 0.3) is 0 Å². The van der Waals surface area contributed by atoms with Crippen LogP contribution in [0, 0.1) is 11.8 Å². The number of nitrogens with zero attached hydrogens (tertiary/aromatic N) is 1. The highest BCUT2D eigenvalue weighted by atomic mass is 16.4. The van der Waals surface area contributed by atoms with Crippen LogP contribution in [0.3, 0.4) is 0 Å². The van der Waals surface area contributed by atoms with E-state index >= 15 is 0 Å². The Kier molecular flexibility index (Phi) is 16.9. The predicted molar refractivity (Wildman–Crippen MR) is 143 cm³/mol. The van der Waals surface area contributed by atoms with E-state index in [-0.39, 0.29) is 37.2 Å². The van der Waals surface area contributed by atoms with Gasteiger partial charge in [0, 0.05) is 6.54 Å². The van der Waals surface area contributed by atoms with Gasteiger partial charge in [-0.3, -0.25) is 19.4 Å². The van der Waals surface area contributed by atoms with Crippen LogP contribution in [0.4, 0.5) is 0 Å². The molecule has 0 saturated carbocycles. The third-order valence-corrected chi connectivity index (χ3v) is 6.04. The first-order chi connectivity index (χ1) is 17.3. The van der Waals surface area contributed by atoms with Crippen molar-refractivity contribution in [3.05, 3.63) is 0 Å². The van der Waals surface area contributed by atoms with Gasteiger partial charge in [-0.05, 0) is 56.9 Å². The number of carboxylic acid groups (broad SMARTS) is 1. The van der Waals surface area contributed by atoms with Crippen LogP contribution >= 0.6 is 0 Å². The van der Waals surface area contributed by atoms with Gasteiger partial charge < -0.3 is 44.0 Å². The van der Waals surface area contributed by atoms with Crippen molar-refractivity contribution in [2.45, 2.75) is 96.8 Å². The fraction of sp³-hybridized carbons (Fsp3) is 0.792. The summed E-state index contributed by atoms with van der Waals surface area (Å²) in [6.45, 7) is 8.19. The SMILES string of the molecule is CCC(C)C(N)C(=O)NC(CCCCN)C(=O)NC(CC(C)C)C(=O)NC(CCCN=C(N)N)C(=O)O. The lowest BCUT2D eigenvalue weighted by Gasteiger charge is -2.27. The van der Waals surface area contributed by atoms with Crippen LogP contribution in [0.2, 0.25) is 0 Å². The number of nitrogens with one attached hydrogen (secondary N) is 3. The van der Waals surface area contributed by atoms with Crippen LogP contribution in [0.1, 0.15) is 72.6 Å². The van der Waals surface area contributed by atoms with Crippen LogP contribution in [0.15, 0.2) is 4.99 Å². The summed E-state index contributed by atoms with van der Waals surface area (Å²) in [5, 5.41) is 17.5.